The quantitative estimate of drug-likeness (QED) is 0.695. The van der Waals surface area contributed by atoms with Crippen LogP contribution in [0, 0.1) is 6.92 Å². The Morgan fingerprint density at radius 2 is 2.13 bits per heavy atom. The zero-order valence-electron chi connectivity index (χ0n) is 8.94. The van der Waals surface area contributed by atoms with E-state index in [-0.39, 0.29) is 18.2 Å². The SMILES string of the molecule is COC(=O)CN(C)C(=O)c1ccc(C)o1. The maximum atomic E-state index is 11.6. The molecule has 1 amide bonds. The van der Waals surface area contributed by atoms with Crippen LogP contribution in [-0.2, 0) is 9.53 Å². The van der Waals surface area contributed by atoms with Gasteiger partial charge in [0.2, 0.25) is 0 Å². The largest absolute Gasteiger partial charge is 0.468 e. The zero-order chi connectivity index (χ0) is 11.4. The second-order valence-electron chi connectivity index (χ2n) is 3.15. The van der Waals surface area contributed by atoms with Crippen LogP contribution < -0.4 is 0 Å². The smallest absolute Gasteiger partial charge is 0.325 e. The van der Waals surface area contributed by atoms with Crippen LogP contribution in [-0.4, -0.2) is 37.5 Å². The summed E-state index contributed by atoms with van der Waals surface area (Å²) in [6.07, 6.45) is 0. The van der Waals surface area contributed by atoms with Gasteiger partial charge >= 0.3 is 5.97 Å². The van der Waals surface area contributed by atoms with Crippen molar-refractivity contribution in [3.63, 3.8) is 0 Å². The van der Waals surface area contributed by atoms with Crippen molar-refractivity contribution in [2.24, 2.45) is 0 Å². The van der Waals surface area contributed by atoms with Crippen LogP contribution >= 0.6 is 0 Å². The van der Waals surface area contributed by atoms with E-state index in [4.69, 9.17) is 4.42 Å². The summed E-state index contributed by atoms with van der Waals surface area (Å²) in [5.74, 6) is 0.0753. The average molecular weight is 211 g/mol. The maximum absolute atomic E-state index is 11.6. The number of carbonyl (C=O) groups excluding carboxylic acids is 2. The predicted molar refractivity (Wildman–Crippen MR) is 52.4 cm³/mol. The third-order valence-electron chi connectivity index (χ3n) is 1.89. The lowest BCUT2D eigenvalue weighted by Crippen LogP contribution is -2.32. The highest BCUT2D eigenvalue weighted by atomic mass is 16.5. The average Bonchev–Trinajstić information content (AvgIpc) is 2.63. The summed E-state index contributed by atoms with van der Waals surface area (Å²) >= 11 is 0. The van der Waals surface area contributed by atoms with Gasteiger partial charge in [-0.05, 0) is 19.1 Å². The molecular weight excluding hydrogens is 198 g/mol. The van der Waals surface area contributed by atoms with Crippen LogP contribution in [0.5, 0.6) is 0 Å². The molecule has 1 heterocycles. The lowest BCUT2D eigenvalue weighted by atomic mass is 10.4. The molecule has 0 saturated carbocycles. The van der Waals surface area contributed by atoms with Gasteiger partial charge in [-0.25, -0.2) is 0 Å². The topological polar surface area (TPSA) is 59.8 Å². The molecule has 0 radical (unpaired) electrons. The summed E-state index contributed by atoms with van der Waals surface area (Å²) in [6.45, 7) is 1.66. The first-order valence-electron chi connectivity index (χ1n) is 4.43. The fraction of sp³-hybridized carbons (Fsp3) is 0.400. The van der Waals surface area contributed by atoms with Crippen LogP contribution in [0.4, 0.5) is 0 Å². The summed E-state index contributed by atoms with van der Waals surface area (Å²) in [4.78, 5) is 23.8. The molecule has 0 aromatic carbocycles. The molecule has 0 N–H and O–H groups in total. The van der Waals surface area contributed by atoms with Crippen molar-refractivity contribution in [3.8, 4) is 0 Å². The van der Waals surface area contributed by atoms with Gasteiger partial charge in [-0.1, -0.05) is 0 Å². The van der Waals surface area contributed by atoms with Crippen molar-refractivity contribution in [3.05, 3.63) is 23.7 Å². The molecule has 5 nitrogen and oxygen atoms in total. The number of methoxy groups -OCH3 is 1. The molecule has 0 saturated heterocycles. The first kappa shape index (κ1) is 11.3. The number of ether oxygens (including phenoxy) is 1. The molecule has 0 fully saturated rings. The lowest BCUT2D eigenvalue weighted by Gasteiger charge is -2.13. The number of likely N-dealkylation sites (N-methyl/N-ethyl adjacent to an activating group) is 1. The van der Waals surface area contributed by atoms with Crippen LogP contribution in [0.15, 0.2) is 16.5 Å². The van der Waals surface area contributed by atoms with Crippen LogP contribution in [0.2, 0.25) is 0 Å². The summed E-state index contributed by atoms with van der Waals surface area (Å²) in [6, 6.07) is 3.27. The molecule has 0 aliphatic heterocycles. The normalized spacial score (nSPS) is 9.80. The highest BCUT2D eigenvalue weighted by Gasteiger charge is 2.17. The fourth-order valence-electron chi connectivity index (χ4n) is 1.07. The minimum Gasteiger partial charge on any atom is -0.468 e. The standard InChI is InChI=1S/C10H13NO4/c1-7-4-5-8(15-7)10(13)11(2)6-9(12)14-3/h4-5H,6H2,1-3H3. The van der Waals surface area contributed by atoms with Gasteiger partial charge in [0, 0.05) is 7.05 Å². The van der Waals surface area contributed by atoms with Crippen LogP contribution in [0.1, 0.15) is 16.3 Å². The molecule has 0 bridgehead atoms. The van der Waals surface area contributed by atoms with Crippen LogP contribution in [0.3, 0.4) is 0 Å². The van der Waals surface area contributed by atoms with Crippen LogP contribution in [0.25, 0.3) is 0 Å². The first-order valence-corrected chi connectivity index (χ1v) is 4.43. The third-order valence-corrected chi connectivity index (χ3v) is 1.89. The maximum Gasteiger partial charge on any atom is 0.325 e. The van der Waals surface area contributed by atoms with Gasteiger partial charge in [-0.15, -0.1) is 0 Å². The van der Waals surface area contributed by atoms with Crippen molar-refractivity contribution in [2.45, 2.75) is 6.92 Å². The van der Waals surface area contributed by atoms with Gasteiger partial charge in [-0.3, -0.25) is 9.59 Å². The second-order valence-corrected chi connectivity index (χ2v) is 3.15. The zero-order valence-corrected chi connectivity index (χ0v) is 8.94. The van der Waals surface area contributed by atoms with E-state index >= 15 is 0 Å². The number of aryl methyl sites for hydroxylation is 1. The molecule has 5 heteroatoms. The van der Waals surface area contributed by atoms with Crippen molar-refractivity contribution in [1.82, 2.24) is 4.90 Å². The summed E-state index contributed by atoms with van der Waals surface area (Å²) in [5.41, 5.74) is 0. The molecule has 0 unspecified atom stereocenters. The lowest BCUT2D eigenvalue weighted by molar-refractivity contribution is -0.141. The molecule has 1 aromatic rings. The van der Waals surface area contributed by atoms with Gasteiger partial charge < -0.3 is 14.1 Å². The Morgan fingerprint density at radius 3 is 2.60 bits per heavy atom. The molecule has 0 aliphatic carbocycles. The number of hydrogen-bond donors (Lipinski definition) is 0. The van der Waals surface area contributed by atoms with Crippen molar-refractivity contribution < 1.29 is 18.7 Å². The van der Waals surface area contributed by atoms with Crippen molar-refractivity contribution >= 4 is 11.9 Å². The Morgan fingerprint density at radius 1 is 1.47 bits per heavy atom. The van der Waals surface area contributed by atoms with E-state index in [1.165, 1.54) is 19.1 Å². The Labute approximate surface area is 87.6 Å². The van der Waals surface area contributed by atoms with E-state index in [9.17, 15) is 9.59 Å². The monoisotopic (exact) mass is 211 g/mol. The third kappa shape index (κ3) is 2.83. The van der Waals surface area contributed by atoms with Gasteiger partial charge in [0.15, 0.2) is 5.76 Å². The number of hydrogen-bond acceptors (Lipinski definition) is 4. The Balaban J connectivity index is 2.64. The molecule has 0 atom stereocenters. The predicted octanol–water partition coefficient (Wildman–Crippen LogP) is 0.833. The van der Waals surface area contributed by atoms with E-state index in [0.717, 1.165) is 0 Å². The first-order chi connectivity index (χ1) is 7.04. The molecule has 15 heavy (non-hydrogen) atoms. The summed E-state index contributed by atoms with van der Waals surface area (Å²) in [7, 11) is 2.79. The van der Waals surface area contributed by atoms with E-state index in [1.807, 2.05) is 0 Å². The minimum absolute atomic E-state index is 0.0882. The number of amides is 1. The number of carbonyl (C=O) groups is 2. The Bertz CT molecular complexity index is 369. The summed E-state index contributed by atoms with van der Waals surface area (Å²) in [5, 5.41) is 0. The molecular formula is C10H13NO4. The molecule has 0 aliphatic rings. The van der Waals surface area contributed by atoms with Gasteiger partial charge in [-0.2, -0.15) is 0 Å². The highest BCUT2D eigenvalue weighted by molar-refractivity contribution is 5.93. The summed E-state index contributed by atoms with van der Waals surface area (Å²) < 4.78 is 9.59. The number of rotatable bonds is 3. The van der Waals surface area contributed by atoms with Crippen molar-refractivity contribution in [2.75, 3.05) is 20.7 Å². The minimum atomic E-state index is -0.464. The van der Waals surface area contributed by atoms with Gasteiger partial charge in [0.1, 0.15) is 12.3 Å². The van der Waals surface area contributed by atoms with E-state index in [0.29, 0.717) is 5.76 Å². The Kier molecular flexibility index (Phi) is 3.49. The number of furan rings is 1. The molecule has 0 spiro atoms. The molecule has 1 rings (SSSR count). The van der Waals surface area contributed by atoms with E-state index in [1.54, 1.807) is 19.1 Å². The van der Waals surface area contributed by atoms with E-state index < -0.39 is 5.97 Å². The number of nitrogens with zero attached hydrogens (tertiary/aromatic N) is 1. The highest BCUT2D eigenvalue weighted by Crippen LogP contribution is 2.08. The fourth-order valence-corrected chi connectivity index (χ4v) is 1.07. The Hall–Kier alpha value is -1.78. The molecule has 82 valence electrons. The van der Waals surface area contributed by atoms with Crippen molar-refractivity contribution in [1.29, 1.82) is 0 Å². The van der Waals surface area contributed by atoms with E-state index in [2.05, 4.69) is 4.74 Å². The molecule has 1 aromatic heterocycles. The second kappa shape index (κ2) is 4.63. The van der Waals surface area contributed by atoms with Gasteiger partial charge in [0.25, 0.3) is 5.91 Å². The number of esters is 1. The van der Waals surface area contributed by atoms with Gasteiger partial charge in [0.05, 0.1) is 7.11 Å².